The molecule has 0 saturated heterocycles. The van der Waals surface area contributed by atoms with E-state index in [0.29, 0.717) is 19.4 Å². The second-order valence-corrected chi connectivity index (χ2v) is 27.4. The van der Waals surface area contributed by atoms with Crippen molar-refractivity contribution in [3.8, 4) is 0 Å². The lowest BCUT2D eigenvalue weighted by molar-refractivity contribution is -0.143. The Kier molecular flexibility index (Phi) is 75.4. The molecule has 0 bridgehead atoms. The number of aliphatic hydroxyl groups excluding tert-OH is 2. The van der Waals surface area contributed by atoms with Crippen molar-refractivity contribution in [2.24, 2.45) is 0 Å². The van der Waals surface area contributed by atoms with Crippen LogP contribution in [0.5, 0.6) is 0 Å². The molecule has 0 fully saturated rings. The van der Waals surface area contributed by atoms with Gasteiger partial charge in [0, 0.05) is 12.8 Å². The van der Waals surface area contributed by atoms with E-state index in [1.54, 1.807) is 6.08 Å². The van der Waals surface area contributed by atoms with Crippen LogP contribution < -0.4 is 5.32 Å². The number of hydrogen-bond donors (Lipinski definition) is 3. The standard InChI is InChI=1S/C82H155NO5/c1-3-5-7-9-11-13-15-17-19-21-43-46-50-54-58-62-66-70-74-80(85)79(78-84)83-81(86)75-71-67-63-59-55-51-47-44-41-39-37-35-33-31-29-27-25-23-22-24-26-28-30-32-34-36-38-40-42-45-49-53-57-61-65-69-73-77-88-82(87)76-72-68-64-60-56-52-48-20-18-16-14-12-10-8-6-4-2/h14,16,20,22,24,48,70,74,79-80,84-85H,3-13,15,17-19,21,23,25-47,49-69,71-73,75-78H2,1-2H3,(H,83,86)/b16-14-,24-22-,48-20-,74-70+. The van der Waals surface area contributed by atoms with Gasteiger partial charge < -0.3 is 20.3 Å². The first-order valence-corrected chi connectivity index (χ1v) is 39.9. The van der Waals surface area contributed by atoms with Gasteiger partial charge in [0.15, 0.2) is 0 Å². The molecule has 0 heterocycles. The summed E-state index contributed by atoms with van der Waals surface area (Å²) in [5.41, 5.74) is 0. The molecule has 6 heteroatoms. The minimum Gasteiger partial charge on any atom is -0.466 e. The summed E-state index contributed by atoms with van der Waals surface area (Å²) >= 11 is 0. The van der Waals surface area contributed by atoms with Crippen LogP contribution >= 0.6 is 0 Å². The van der Waals surface area contributed by atoms with Gasteiger partial charge in [-0.1, -0.05) is 383 Å². The Morgan fingerprint density at radius 3 is 0.886 bits per heavy atom. The summed E-state index contributed by atoms with van der Waals surface area (Å²) in [5.74, 6) is -0.0524. The minimum atomic E-state index is -0.843. The molecule has 2 atom stereocenters. The molecule has 0 spiro atoms. The largest absolute Gasteiger partial charge is 0.466 e. The molecule has 0 aliphatic rings. The predicted molar refractivity (Wildman–Crippen MR) is 389 cm³/mol. The van der Waals surface area contributed by atoms with Gasteiger partial charge in [0.2, 0.25) is 5.91 Å². The molecule has 0 aromatic rings. The zero-order chi connectivity index (χ0) is 63.5. The molecular weight excluding hydrogens is 1080 g/mol. The van der Waals surface area contributed by atoms with Crippen LogP contribution in [0.15, 0.2) is 48.6 Å². The van der Waals surface area contributed by atoms with E-state index in [-0.39, 0.29) is 18.5 Å². The summed E-state index contributed by atoms with van der Waals surface area (Å²) < 4.78 is 5.50. The van der Waals surface area contributed by atoms with Crippen LogP contribution in [-0.4, -0.2) is 47.4 Å². The number of esters is 1. The van der Waals surface area contributed by atoms with Crippen molar-refractivity contribution in [2.75, 3.05) is 13.2 Å². The summed E-state index contributed by atoms with van der Waals surface area (Å²) in [4.78, 5) is 24.6. The molecule has 0 saturated carbocycles. The fraction of sp³-hybridized carbons (Fsp3) is 0.878. The SMILES string of the molecule is CCCCCC/C=C\C/C=C\CCCCCCCC(=O)OCCCCCCCCCCCCCCCCCC/C=C\CCCCCCCCCCCCCCCCCCCC(=O)NC(CO)C(O)/C=C/CCCCCCCCCCCCCCCCCC. The number of ether oxygens (including phenoxy) is 1. The number of rotatable bonds is 75. The molecule has 1 amide bonds. The lowest BCUT2D eigenvalue weighted by Crippen LogP contribution is -2.45. The first-order chi connectivity index (χ1) is 43.5. The van der Waals surface area contributed by atoms with Gasteiger partial charge in [-0.25, -0.2) is 0 Å². The Morgan fingerprint density at radius 2 is 0.568 bits per heavy atom. The summed E-state index contributed by atoms with van der Waals surface area (Å²) in [6.45, 7) is 4.92. The van der Waals surface area contributed by atoms with Crippen molar-refractivity contribution in [3.05, 3.63) is 48.6 Å². The van der Waals surface area contributed by atoms with E-state index in [4.69, 9.17) is 4.74 Å². The van der Waals surface area contributed by atoms with Crippen molar-refractivity contribution in [1.82, 2.24) is 5.32 Å². The highest BCUT2D eigenvalue weighted by atomic mass is 16.5. The topological polar surface area (TPSA) is 95.9 Å². The second kappa shape index (κ2) is 77.3. The Hall–Kier alpha value is -2.18. The van der Waals surface area contributed by atoms with Gasteiger partial charge in [-0.05, 0) is 89.9 Å². The molecule has 88 heavy (non-hydrogen) atoms. The van der Waals surface area contributed by atoms with E-state index in [1.807, 2.05) is 6.08 Å². The van der Waals surface area contributed by atoms with Crippen LogP contribution in [0.25, 0.3) is 0 Å². The molecule has 518 valence electrons. The molecule has 0 rings (SSSR count). The quantitative estimate of drug-likeness (QED) is 0.0320. The van der Waals surface area contributed by atoms with Gasteiger partial charge in [-0.15, -0.1) is 0 Å². The molecule has 2 unspecified atom stereocenters. The van der Waals surface area contributed by atoms with Gasteiger partial charge in [-0.2, -0.15) is 0 Å². The zero-order valence-electron chi connectivity index (χ0n) is 59.5. The van der Waals surface area contributed by atoms with Crippen LogP contribution in [0.1, 0.15) is 438 Å². The van der Waals surface area contributed by atoms with E-state index >= 15 is 0 Å². The Morgan fingerprint density at radius 1 is 0.318 bits per heavy atom. The lowest BCUT2D eigenvalue weighted by Gasteiger charge is -2.20. The fourth-order valence-corrected chi connectivity index (χ4v) is 12.5. The summed E-state index contributed by atoms with van der Waals surface area (Å²) in [6, 6.07) is -0.626. The number of carbonyl (C=O) groups excluding carboxylic acids is 2. The highest BCUT2D eigenvalue weighted by molar-refractivity contribution is 5.76. The van der Waals surface area contributed by atoms with E-state index in [2.05, 4.69) is 55.6 Å². The molecule has 3 N–H and O–H groups in total. The van der Waals surface area contributed by atoms with Crippen LogP contribution in [0.3, 0.4) is 0 Å². The van der Waals surface area contributed by atoms with Gasteiger partial charge in [0.25, 0.3) is 0 Å². The number of allylic oxidation sites excluding steroid dienone is 7. The molecule has 6 nitrogen and oxygen atoms in total. The summed E-state index contributed by atoms with van der Waals surface area (Å²) in [7, 11) is 0. The van der Waals surface area contributed by atoms with E-state index in [9.17, 15) is 19.8 Å². The number of unbranched alkanes of at least 4 members (excludes halogenated alkanes) is 58. The normalized spacial score (nSPS) is 12.7. The molecular formula is C82H155NO5. The molecule has 0 aliphatic heterocycles. The van der Waals surface area contributed by atoms with Crippen molar-refractivity contribution in [2.45, 2.75) is 450 Å². The summed E-state index contributed by atoms with van der Waals surface area (Å²) in [6.07, 6.45) is 102. The van der Waals surface area contributed by atoms with Gasteiger partial charge in [-0.3, -0.25) is 9.59 Å². The number of carbonyl (C=O) groups is 2. The Labute approximate surface area is 550 Å². The lowest BCUT2D eigenvalue weighted by atomic mass is 10.0. The molecule has 0 aromatic heterocycles. The molecule has 0 aliphatic carbocycles. The van der Waals surface area contributed by atoms with E-state index in [1.165, 1.54) is 360 Å². The zero-order valence-corrected chi connectivity index (χ0v) is 59.5. The maximum atomic E-state index is 12.5. The third kappa shape index (κ3) is 72.9. The number of hydrogen-bond acceptors (Lipinski definition) is 5. The number of aliphatic hydroxyl groups is 2. The van der Waals surface area contributed by atoms with Crippen LogP contribution in [0, 0.1) is 0 Å². The molecule has 0 aromatic carbocycles. The fourth-order valence-electron chi connectivity index (χ4n) is 12.5. The van der Waals surface area contributed by atoms with E-state index < -0.39 is 12.1 Å². The van der Waals surface area contributed by atoms with E-state index in [0.717, 1.165) is 51.4 Å². The summed E-state index contributed by atoms with van der Waals surface area (Å²) in [5, 5.41) is 23.2. The minimum absolute atomic E-state index is 0.00812. The van der Waals surface area contributed by atoms with Crippen LogP contribution in [-0.2, 0) is 14.3 Å². The van der Waals surface area contributed by atoms with Crippen molar-refractivity contribution >= 4 is 11.9 Å². The first-order valence-electron chi connectivity index (χ1n) is 39.9. The van der Waals surface area contributed by atoms with Crippen LogP contribution in [0.2, 0.25) is 0 Å². The first kappa shape index (κ1) is 85.8. The van der Waals surface area contributed by atoms with Crippen molar-refractivity contribution in [3.63, 3.8) is 0 Å². The average Bonchev–Trinajstić information content (AvgIpc) is 3.58. The van der Waals surface area contributed by atoms with Gasteiger partial charge in [0.05, 0.1) is 25.4 Å². The maximum absolute atomic E-state index is 12.5. The third-order valence-electron chi connectivity index (χ3n) is 18.6. The second-order valence-electron chi connectivity index (χ2n) is 27.4. The van der Waals surface area contributed by atoms with Crippen LogP contribution in [0.4, 0.5) is 0 Å². The van der Waals surface area contributed by atoms with Crippen molar-refractivity contribution in [1.29, 1.82) is 0 Å². The van der Waals surface area contributed by atoms with Gasteiger partial charge in [0.1, 0.15) is 0 Å². The third-order valence-corrected chi connectivity index (χ3v) is 18.6. The highest BCUT2D eigenvalue weighted by Gasteiger charge is 2.18. The van der Waals surface area contributed by atoms with Gasteiger partial charge >= 0.3 is 5.97 Å². The average molecular weight is 1240 g/mol. The Balaban J connectivity index is 3.35. The number of amides is 1. The Bertz CT molecular complexity index is 1470. The highest BCUT2D eigenvalue weighted by Crippen LogP contribution is 2.19. The number of nitrogens with one attached hydrogen (secondary N) is 1. The predicted octanol–water partition coefficient (Wildman–Crippen LogP) is 26.4. The smallest absolute Gasteiger partial charge is 0.305 e. The monoisotopic (exact) mass is 1230 g/mol. The molecule has 0 radical (unpaired) electrons. The van der Waals surface area contributed by atoms with Crippen molar-refractivity contribution < 1.29 is 24.5 Å². The maximum Gasteiger partial charge on any atom is 0.305 e.